The minimum absolute atomic E-state index is 0.0667. The summed E-state index contributed by atoms with van der Waals surface area (Å²) in [5.41, 5.74) is 0.0619. The van der Waals surface area contributed by atoms with E-state index in [0.717, 1.165) is 5.17 Å². The largest absolute Gasteiger partial charge is 0.388 e. The van der Waals surface area contributed by atoms with Gasteiger partial charge in [0.1, 0.15) is 35.6 Å². The van der Waals surface area contributed by atoms with E-state index in [1.165, 1.54) is 17.8 Å². The van der Waals surface area contributed by atoms with Crippen molar-refractivity contribution in [1.29, 1.82) is 0 Å². The highest BCUT2D eigenvalue weighted by Gasteiger charge is 2.50. The van der Waals surface area contributed by atoms with E-state index in [9.17, 15) is 14.6 Å². The SMILES string of the molecule is C[C@@H](OCc1ccccc1F)[C@H]1O[C@@H]2SC(N(C)C)=N[C@@H]2[C@@H](O)[C@@H]1O. The Bertz CT molecular complexity index is 645. The molecular formula is C17H23FN2O4S. The number of benzene rings is 1. The molecule has 2 aliphatic heterocycles. The maximum absolute atomic E-state index is 13.7. The first kappa shape index (κ1) is 18.6. The number of fused-ring (bicyclic) bond motifs is 1. The van der Waals surface area contributed by atoms with Crippen LogP contribution in [0.5, 0.6) is 0 Å². The number of halogens is 1. The normalized spacial score (nSPS) is 32.9. The molecule has 0 amide bonds. The van der Waals surface area contributed by atoms with Gasteiger partial charge in [0.2, 0.25) is 0 Å². The monoisotopic (exact) mass is 370 g/mol. The van der Waals surface area contributed by atoms with E-state index in [2.05, 4.69) is 4.99 Å². The molecule has 8 heteroatoms. The fourth-order valence-electron chi connectivity index (χ4n) is 2.91. The maximum Gasteiger partial charge on any atom is 0.161 e. The van der Waals surface area contributed by atoms with Crippen LogP contribution < -0.4 is 0 Å². The summed E-state index contributed by atoms with van der Waals surface area (Å²) in [6.07, 6.45) is -3.39. The summed E-state index contributed by atoms with van der Waals surface area (Å²) in [7, 11) is 3.73. The van der Waals surface area contributed by atoms with Crippen LogP contribution in [-0.2, 0) is 16.1 Å². The Balaban J connectivity index is 1.64. The zero-order chi connectivity index (χ0) is 18.1. The molecular weight excluding hydrogens is 347 g/mol. The number of hydrogen-bond donors (Lipinski definition) is 2. The van der Waals surface area contributed by atoms with Crippen molar-refractivity contribution in [2.75, 3.05) is 14.1 Å². The summed E-state index contributed by atoms with van der Waals surface area (Å²) in [5, 5.41) is 21.6. The van der Waals surface area contributed by atoms with Gasteiger partial charge in [-0.2, -0.15) is 0 Å². The minimum Gasteiger partial charge on any atom is -0.388 e. The Morgan fingerprint density at radius 1 is 1.32 bits per heavy atom. The molecule has 1 aromatic rings. The number of nitrogens with zero attached hydrogens (tertiary/aromatic N) is 2. The molecule has 138 valence electrons. The fraction of sp³-hybridized carbons (Fsp3) is 0.588. The zero-order valence-electron chi connectivity index (χ0n) is 14.4. The van der Waals surface area contributed by atoms with Gasteiger partial charge in [0, 0.05) is 19.7 Å². The third-order valence-electron chi connectivity index (χ3n) is 4.39. The molecule has 25 heavy (non-hydrogen) atoms. The van der Waals surface area contributed by atoms with Gasteiger partial charge in [0.15, 0.2) is 5.17 Å². The first-order chi connectivity index (χ1) is 11.9. The van der Waals surface area contributed by atoms with Crippen molar-refractivity contribution >= 4 is 16.9 Å². The highest BCUT2D eigenvalue weighted by molar-refractivity contribution is 8.14. The molecule has 6 nitrogen and oxygen atoms in total. The number of aliphatic hydroxyl groups excluding tert-OH is 2. The molecule has 2 heterocycles. The lowest BCUT2D eigenvalue weighted by Gasteiger charge is -2.40. The highest BCUT2D eigenvalue weighted by atomic mass is 32.2. The van der Waals surface area contributed by atoms with Crippen molar-refractivity contribution in [3.63, 3.8) is 0 Å². The summed E-state index contributed by atoms with van der Waals surface area (Å²) in [6.45, 7) is 1.81. The second-order valence-electron chi connectivity index (χ2n) is 6.47. The van der Waals surface area contributed by atoms with Crippen molar-refractivity contribution in [2.45, 2.75) is 49.4 Å². The van der Waals surface area contributed by atoms with Crippen LogP contribution in [0.25, 0.3) is 0 Å². The molecule has 1 aromatic carbocycles. The van der Waals surface area contributed by atoms with Gasteiger partial charge >= 0.3 is 0 Å². The van der Waals surface area contributed by atoms with Gasteiger partial charge in [-0.1, -0.05) is 30.0 Å². The van der Waals surface area contributed by atoms with Crippen LogP contribution in [0.15, 0.2) is 29.3 Å². The van der Waals surface area contributed by atoms with Gasteiger partial charge in [0.05, 0.1) is 12.7 Å². The van der Waals surface area contributed by atoms with Gasteiger partial charge in [-0.15, -0.1) is 0 Å². The molecule has 0 aromatic heterocycles. The van der Waals surface area contributed by atoms with E-state index in [-0.39, 0.29) is 17.9 Å². The molecule has 0 spiro atoms. The average Bonchev–Trinajstić information content (AvgIpc) is 3.02. The quantitative estimate of drug-likeness (QED) is 0.830. The molecule has 1 fully saturated rings. The van der Waals surface area contributed by atoms with E-state index < -0.39 is 30.5 Å². The van der Waals surface area contributed by atoms with Crippen molar-refractivity contribution in [3.05, 3.63) is 35.6 Å². The first-order valence-corrected chi connectivity index (χ1v) is 9.05. The lowest BCUT2D eigenvalue weighted by Crippen LogP contribution is -2.58. The average molecular weight is 370 g/mol. The Morgan fingerprint density at radius 2 is 2.04 bits per heavy atom. The van der Waals surface area contributed by atoms with E-state index in [1.807, 2.05) is 19.0 Å². The van der Waals surface area contributed by atoms with Crippen LogP contribution >= 0.6 is 11.8 Å². The number of thioether (sulfide) groups is 1. The summed E-state index contributed by atoms with van der Waals surface area (Å²) in [6, 6.07) is 5.87. The Hall–Kier alpha value is -1.19. The van der Waals surface area contributed by atoms with E-state index in [1.54, 1.807) is 25.1 Å². The van der Waals surface area contributed by atoms with E-state index >= 15 is 0 Å². The molecule has 0 bridgehead atoms. The van der Waals surface area contributed by atoms with Crippen molar-refractivity contribution in [2.24, 2.45) is 4.99 Å². The smallest absolute Gasteiger partial charge is 0.161 e. The van der Waals surface area contributed by atoms with Crippen LogP contribution in [-0.4, -0.2) is 70.3 Å². The van der Waals surface area contributed by atoms with Gasteiger partial charge in [-0.25, -0.2) is 4.39 Å². The molecule has 0 unspecified atom stereocenters. The van der Waals surface area contributed by atoms with Gasteiger partial charge in [0.25, 0.3) is 0 Å². The van der Waals surface area contributed by atoms with Gasteiger partial charge < -0.3 is 24.6 Å². The van der Waals surface area contributed by atoms with Crippen LogP contribution in [0.3, 0.4) is 0 Å². The third-order valence-corrected chi connectivity index (χ3v) is 5.70. The Kier molecular flexibility index (Phi) is 5.65. The summed E-state index contributed by atoms with van der Waals surface area (Å²) < 4.78 is 25.3. The third kappa shape index (κ3) is 3.83. The predicted molar refractivity (Wildman–Crippen MR) is 93.8 cm³/mol. The lowest BCUT2D eigenvalue weighted by molar-refractivity contribution is -0.193. The second-order valence-corrected chi connectivity index (χ2v) is 7.54. The molecule has 0 saturated carbocycles. The zero-order valence-corrected chi connectivity index (χ0v) is 15.2. The van der Waals surface area contributed by atoms with Crippen molar-refractivity contribution < 1.29 is 24.1 Å². The fourth-order valence-corrected chi connectivity index (χ4v) is 4.06. The van der Waals surface area contributed by atoms with Crippen LogP contribution in [0.4, 0.5) is 4.39 Å². The van der Waals surface area contributed by atoms with E-state index in [4.69, 9.17) is 9.47 Å². The summed E-state index contributed by atoms with van der Waals surface area (Å²) in [5.74, 6) is -0.338. The minimum atomic E-state index is -1.12. The molecule has 0 aliphatic carbocycles. The topological polar surface area (TPSA) is 74.5 Å². The lowest BCUT2D eigenvalue weighted by atomic mass is 9.95. The van der Waals surface area contributed by atoms with Gasteiger partial charge in [-0.05, 0) is 13.0 Å². The first-order valence-electron chi connectivity index (χ1n) is 8.17. The number of ether oxygens (including phenoxy) is 2. The standard InChI is InChI=1S/C17H23FN2O4S/c1-9(23-8-10-6-4-5-7-11(10)18)15-14(22)13(21)12-16(24-15)25-17(19-12)20(2)3/h4-7,9,12-16,21-22H,8H2,1-3H3/t9-,12-,13-,14+,15-,16-/m1/s1. The number of rotatable bonds is 4. The van der Waals surface area contributed by atoms with Crippen LogP contribution in [0, 0.1) is 5.82 Å². The molecule has 1 saturated heterocycles. The summed E-state index contributed by atoms with van der Waals surface area (Å²) in [4.78, 5) is 6.27. The number of aliphatic imine (C=N–C) groups is 1. The molecule has 2 aliphatic rings. The molecule has 3 rings (SSSR count). The molecule has 2 N–H and O–H groups in total. The molecule has 0 radical (unpaired) electrons. The van der Waals surface area contributed by atoms with Gasteiger partial charge in [-0.3, -0.25) is 4.99 Å². The van der Waals surface area contributed by atoms with Crippen molar-refractivity contribution in [3.8, 4) is 0 Å². The summed E-state index contributed by atoms with van der Waals surface area (Å²) >= 11 is 1.41. The van der Waals surface area contributed by atoms with E-state index in [0.29, 0.717) is 5.56 Å². The number of aliphatic hydroxyl groups is 2. The van der Waals surface area contributed by atoms with Crippen molar-refractivity contribution in [1.82, 2.24) is 4.90 Å². The van der Waals surface area contributed by atoms with Crippen LogP contribution in [0.1, 0.15) is 12.5 Å². The number of hydrogen-bond acceptors (Lipinski definition) is 7. The van der Waals surface area contributed by atoms with Crippen LogP contribution in [0.2, 0.25) is 0 Å². The predicted octanol–water partition coefficient (Wildman–Crippen LogP) is 1.21. The second kappa shape index (κ2) is 7.59. The Labute approximate surface area is 150 Å². The molecule has 6 atom stereocenters. The Morgan fingerprint density at radius 3 is 2.72 bits per heavy atom. The maximum atomic E-state index is 13.7. The highest BCUT2D eigenvalue weighted by Crippen LogP contribution is 2.38. The number of amidine groups is 1.